The molecule has 2 amide bonds. The SMILES string of the molecule is C[C@H](NC(=O)[C@H](CO[C@H]1O[C@H](COCc2ccccc2)[C@@H](OCc2ccccc2)[C@H](OCc2ccccc2)[C@H]1OCc1ccccc1)NC(=O)OCc1ccccc1)C(=O)OC(C)(C)C. The molecule has 5 aromatic carbocycles. The number of hydrogen-bond donors (Lipinski definition) is 2. The molecule has 344 valence electrons. The zero-order valence-electron chi connectivity index (χ0n) is 37.4. The fourth-order valence-electron chi connectivity index (χ4n) is 6.93. The van der Waals surface area contributed by atoms with Crippen LogP contribution in [0.25, 0.3) is 0 Å². The number of rotatable bonds is 22. The monoisotopic (exact) mass is 888 g/mol. The molecule has 1 aliphatic rings. The molecule has 0 aromatic heterocycles. The number of esters is 1. The van der Waals surface area contributed by atoms with Gasteiger partial charge >= 0.3 is 12.1 Å². The van der Waals surface area contributed by atoms with Crippen molar-refractivity contribution >= 4 is 18.0 Å². The smallest absolute Gasteiger partial charge is 0.408 e. The average molecular weight is 889 g/mol. The van der Waals surface area contributed by atoms with Crippen LogP contribution in [0.15, 0.2) is 152 Å². The van der Waals surface area contributed by atoms with Crippen LogP contribution in [-0.2, 0) is 80.5 Å². The summed E-state index contributed by atoms with van der Waals surface area (Å²) < 4.78 is 51.0. The van der Waals surface area contributed by atoms with E-state index in [2.05, 4.69) is 10.6 Å². The molecular formula is C52H60N2O11. The molecule has 0 saturated carbocycles. The quantitative estimate of drug-likeness (QED) is 0.0655. The Morgan fingerprint density at radius 3 is 1.46 bits per heavy atom. The van der Waals surface area contributed by atoms with Crippen LogP contribution in [0.5, 0.6) is 0 Å². The van der Waals surface area contributed by atoms with Gasteiger partial charge in [-0.3, -0.25) is 4.79 Å². The second kappa shape index (κ2) is 24.9. The molecule has 1 heterocycles. The van der Waals surface area contributed by atoms with Crippen molar-refractivity contribution in [3.63, 3.8) is 0 Å². The minimum Gasteiger partial charge on any atom is -0.458 e. The van der Waals surface area contributed by atoms with Crippen LogP contribution >= 0.6 is 0 Å². The number of carbonyl (C=O) groups is 3. The molecule has 65 heavy (non-hydrogen) atoms. The van der Waals surface area contributed by atoms with Gasteiger partial charge in [-0.05, 0) is 55.5 Å². The van der Waals surface area contributed by atoms with E-state index in [-0.39, 0.29) is 33.0 Å². The highest BCUT2D eigenvalue weighted by atomic mass is 16.7. The van der Waals surface area contributed by atoms with Crippen LogP contribution in [0.3, 0.4) is 0 Å². The Labute approximate surface area is 381 Å². The summed E-state index contributed by atoms with van der Waals surface area (Å²) in [6.45, 7) is 7.18. The van der Waals surface area contributed by atoms with Crippen molar-refractivity contribution in [3.8, 4) is 0 Å². The van der Waals surface area contributed by atoms with Gasteiger partial charge in [0.15, 0.2) is 6.29 Å². The average Bonchev–Trinajstić information content (AvgIpc) is 3.31. The number of nitrogens with one attached hydrogen (secondary N) is 2. The molecule has 0 bridgehead atoms. The van der Waals surface area contributed by atoms with Crippen molar-refractivity contribution in [1.29, 1.82) is 0 Å². The fourth-order valence-corrected chi connectivity index (χ4v) is 6.93. The Morgan fingerprint density at radius 2 is 0.985 bits per heavy atom. The Bertz CT molecular complexity index is 2160. The summed E-state index contributed by atoms with van der Waals surface area (Å²) in [5.74, 6) is -1.37. The van der Waals surface area contributed by atoms with Crippen LogP contribution in [0.4, 0.5) is 4.79 Å². The predicted molar refractivity (Wildman–Crippen MR) is 243 cm³/mol. The van der Waals surface area contributed by atoms with Gasteiger partial charge in [-0.15, -0.1) is 0 Å². The molecule has 7 atom stereocenters. The molecule has 0 spiro atoms. The minimum absolute atomic E-state index is 0.0488. The number of amides is 2. The first kappa shape index (κ1) is 48.5. The second-order valence-corrected chi connectivity index (χ2v) is 16.7. The van der Waals surface area contributed by atoms with Crippen molar-refractivity contribution in [2.75, 3.05) is 13.2 Å². The third-order valence-corrected chi connectivity index (χ3v) is 10.2. The third kappa shape index (κ3) is 16.2. The molecule has 5 aromatic rings. The lowest BCUT2D eigenvalue weighted by molar-refractivity contribution is -0.328. The van der Waals surface area contributed by atoms with E-state index in [9.17, 15) is 14.4 Å². The highest BCUT2D eigenvalue weighted by Crippen LogP contribution is 2.32. The second-order valence-electron chi connectivity index (χ2n) is 16.7. The highest BCUT2D eigenvalue weighted by molar-refractivity contribution is 5.89. The van der Waals surface area contributed by atoms with Gasteiger partial charge in [-0.2, -0.15) is 0 Å². The van der Waals surface area contributed by atoms with Crippen LogP contribution in [0, 0.1) is 0 Å². The van der Waals surface area contributed by atoms with Crippen molar-refractivity contribution in [2.45, 2.75) is 109 Å². The molecular weight excluding hydrogens is 829 g/mol. The molecule has 0 radical (unpaired) electrons. The normalized spacial score (nSPS) is 19.4. The summed E-state index contributed by atoms with van der Waals surface area (Å²) in [6.07, 6.45) is -5.34. The Kier molecular flexibility index (Phi) is 18.6. The van der Waals surface area contributed by atoms with Crippen molar-refractivity contribution in [2.24, 2.45) is 0 Å². The molecule has 13 heteroatoms. The maximum absolute atomic E-state index is 14.0. The predicted octanol–water partition coefficient (Wildman–Crippen LogP) is 7.84. The summed E-state index contributed by atoms with van der Waals surface area (Å²) in [5.41, 5.74) is 3.68. The van der Waals surface area contributed by atoms with E-state index in [1.165, 1.54) is 6.92 Å². The van der Waals surface area contributed by atoms with E-state index < -0.39 is 73.0 Å². The summed E-state index contributed by atoms with van der Waals surface area (Å²) in [4.78, 5) is 40.3. The largest absolute Gasteiger partial charge is 0.458 e. The number of hydrogen-bond acceptors (Lipinski definition) is 11. The lowest BCUT2D eigenvalue weighted by Gasteiger charge is -2.46. The molecule has 0 unspecified atom stereocenters. The van der Waals surface area contributed by atoms with E-state index in [0.717, 1.165) is 27.8 Å². The van der Waals surface area contributed by atoms with Gasteiger partial charge in [0.1, 0.15) is 48.7 Å². The van der Waals surface area contributed by atoms with Crippen LogP contribution in [0.2, 0.25) is 0 Å². The van der Waals surface area contributed by atoms with Gasteiger partial charge in [0.05, 0.1) is 39.6 Å². The van der Waals surface area contributed by atoms with Crippen molar-refractivity contribution in [1.82, 2.24) is 10.6 Å². The lowest BCUT2D eigenvalue weighted by Crippen LogP contribution is -2.62. The topological polar surface area (TPSA) is 149 Å². The zero-order valence-corrected chi connectivity index (χ0v) is 37.4. The summed E-state index contributed by atoms with van der Waals surface area (Å²) in [5, 5.41) is 5.30. The van der Waals surface area contributed by atoms with Gasteiger partial charge in [0.25, 0.3) is 0 Å². The number of ether oxygens (including phenoxy) is 8. The van der Waals surface area contributed by atoms with Crippen LogP contribution in [0.1, 0.15) is 55.5 Å². The zero-order chi connectivity index (χ0) is 45.9. The fraction of sp³-hybridized carbons (Fsp3) is 0.365. The standard InChI is InChI=1S/C52H60N2O11/c1-37(49(56)65-52(2,3)4)53-48(55)43(54-51(57)63-34-42-28-18-9-19-29-42)35-62-50-47(61-33-41-26-16-8-17-27-41)46(60-32-40-24-14-7-15-25-40)45(59-31-39-22-12-6-13-23-39)44(64-50)36-58-30-38-20-10-5-11-21-38/h5-29,37,43-47,50H,30-36H2,1-4H3,(H,53,55)(H,54,57)/t37-,43-,44+,45+,46-,47+,50-/m0/s1. The Hall–Kier alpha value is -5.93. The number of alkyl carbamates (subject to hydrolysis) is 1. The van der Waals surface area contributed by atoms with Crippen molar-refractivity contribution < 1.29 is 52.3 Å². The maximum atomic E-state index is 14.0. The molecule has 1 aliphatic heterocycles. The Morgan fingerprint density at radius 1 is 0.554 bits per heavy atom. The maximum Gasteiger partial charge on any atom is 0.408 e. The first-order valence-electron chi connectivity index (χ1n) is 21.9. The Balaban J connectivity index is 1.30. The summed E-state index contributed by atoms with van der Waals surface area (Å²) in [6, 6.07) is 45.7. The summed E-state index contributed by atoms with van der Waals surface area (Å²) in [7, 11) is 0. The first-order chi connectivity index (χ1) is 31.5. The van der Waals surface area contributed by atoms with Crippen molar-refractivity contribution in [3.05, 3.63) is 179 Å². The number of carbonyl (C=O) groups excluding carboxylic acids is 3. The van der Waals surface area contributed by atoms with Gasteiger partial charge in [0.2, 0.25) is 5.91 Å². The third-order valence-electron chi connectivity index (χ3n) is 10.2. The lowest BCUT2D eigenvalue weighted by atomic mass is 9.97. The molecule has 13 nitrogen and oxygen atoms in total. The van der Waals surface area contributed by atoms with Gasteiger partial charge in [0, 0.05) is 0 Å². The summed E-state index contributed by atoms with van der Waals surface area (Å²) >= 11 is 0. The van der Waals surface area contributed by atoms with Crippen LogP contribution in [-0.4, -0.2) is 79.6 Å². The molecule has 1 fully saturated rings. The van der Waals surface area contributed by atoms with Gasteiger partial charge in [-0.1, -0.05) is 152 Å². The van der Waals surface area contributed by atoms with E-state index in [1.54, 1.807) is 20.8 Å². The van der Waals surface area contributed by atoms with E-state index in [4.69, 9.17) is 37.9 Å². The molecule has 0 aliphatic carbocycles. The number of benzene rings is 5. The van der Waals surface area contributed by atoms with E-state index >= 15 is 0 Å². The minimum atomic E-state index is -1.37. The van der Waals surface area contributed by atoms with Crippen LogP contribution < -0.4 is 10.6 Å². The molecule has 2 N–H and O–H groups in total. The first-order valence-corrected chi connectivity index (χ1v) is 21.9. The molecule has 1 saturated heterocycles. The van der Waals surface area contributed by atoms with Gasteiger partial charge < -0.3 is 48.5 Å². The highest BCUT2D eigenvalue weighted by Gasteiger charge is 2.49. The van der Waals surface area contributed by atoms with E-state index in [0.29, 0.717) is 6.61 Å². The molecule has 6 rings (SSSR count). The van der Waals surface area contributed by atoms with Gasteiger partial charge in [-0.25, -0.2) is 9.59 Å². The van der Waals surface area contributed by atoms with E-state index in [1.807, 2.05) is 152 Å².